The van der Waals surface area contributed by atoms with E-state index in [1.54, 1.807) is 0 Å². The number of morpholine rings is 1. The van der Waals surface area contributed by atoms with Gasteiger partial charge in [0.2, 0.25) is 0 Å². The highest BCUT2D eigenvalue weighted by atomic mass is 79.9. The van der Waals surface area contributed by atoms with Crippen molar-refractivity contribution in [1.29, 1.82) is 0 Å². The second-order valence-corrected chi connectivity index (χ2v) is 6.67. The van der Waals surface area contributed by atoms with Crippen LogP contribution in [-0.4, -0.2) is 36.9 Å². The molecule has 1 atom stereocenters. The maximum Gasteiger partial charge on any atom is 0.164 e. The summed E-state index contributed by atoms with van der Waals surface area (Å²) in [4.78, 5) is 14.5. The van der Waals surface area contributed by atoms with Crippen LogP contribution in [0.3, 0.4) is 0 Å². The quantitative estimate of drug-likeness (QED) is 0.739. The lowest BCUT2D eigenvalue weighted by Gasteiger charge is -2.33. The van der Waals surface area contributed by atoms with Crippen molar-refractivity contribution in [3.8, 4) is 0 Å². The molecule has 120 valence electrons. The summed E-state index contributed by atoms with van der Waals surface area (Å²) in [6, 6.07) is 17.8. The predicted molar refractivity (Wildman–Crippen MR) is 94.7 cm³/mol. The van der Waals surface area contributed by atoms with Gasteiger partial charge in [0.05, 0.1) is 12.7 Å². The number of benzene rings is 2. The lowest BCUT2D eigenvalue weighted by molar-refractivity contribution is -0.0297. The SMILES string of the molecule is O=C(CCN1CCOC(c2ccc(Br)cc2)C1)c1ccccc1. The van der Waals surface area contributed by atoms with Gasteiger partial charge in [0.15, 0.2) is 5.78 Å². The first kappa shape index (κ1) is 16.4. The fourth-order valence-electron chi connectivity index (χ4n) is 2.81. The number of hydrogen-bond acceptors (Lipinski definition) is 3. The first-order chi connectivity index (χ1) is 11.2. The number of carbonyl (C=O) groups is 1. The zero-order chi connectivity index (χ0) is 16.1. The molecule has 3 nitrogen and oxygen atoms in total. The van der Waals surface area contributed by atoms with Crippen LogP contribution in [0.5, 0.6) is 0 Å². The Hall–Kier alpha value is -1.49. The number of hydrogen-bond donors (Lipinski definition) is 0. The number of carbonyl (C=O) groups excluding carboxylic acids is 1. The maximum atomic E-state index is 12.2. The molecule has 23 heavy (non-hydrogen) atoms. The Bertz CT molecular complexity index is 642. The van der Waals surface area contributed by atoms with Crippen LogP contribution in [0.25, 0.3) is 0 Å². The molecule has 3 rings (SSSR count). The summed E-state index contributed by atoms with van der Waals surface area (Å²) in [5.41, 5.74) is 1.98. The van der Waals surface area contributed by atoms with Crippen molar-refractivity contribution in [2.75, 3.05) is 26.2 Å². The van der Waals surface area contributed by atoms with Crippen molar-refractivity contribution in [2.45, 2.75) is 12.5 Å². The van der Waals surface area contributed by atoms with Gasteiger partial charge in [0.1, 0.15) is 0 Å². The summed E-state index contributed by atoms with van der Waals surface area (Å²) < 4.78 is 6.96. The van der Waals surface area contributed by atoms with E-state index in [0.29, 0.717) is 13.0 Å². The number of halogens is 1. The van der Waals surface area contributed by atoms with E-state index >= 15 is 0 Å². The van der Waals surface area contributed by atoms with Crippen LogP contribution in [0.15, 0.2) is 59.1 Å². The third-order valence-corrected chi connectivity index (χ3v) is 4.67. The smallest absolute Gasteiger partial charge is 0.164 e. The second kappa shape index (κ2) is 7.86. The van der Waals surface area contributed by atoms with E-state index in [2.05, 4.69) is 33.0 Å². The Morgan fingerprint density at radius 1 is 1.13 bits per heavy atom. The first-order valence-corrected chi connectivity index (χ1v) is 8.69. The molecule has 1 heterocycles. The second-order valence-electron chi connectivity index (χ2n) is 5.75. The summed E-state index contributed by atoms with van der Waals surface area (Å²) in [5, 5.41) is 0. The standard InChI is InChI=1S/C19H20BrNO2/c20-17-8-6-16(7-9-17)19-14-21(12-13-23-19)11-10-18(22)15-4-2-1-3-5-15/h1-9,19H,10-14H2. The molecule has 2 aromatic carbocycles. The van der Waals surface area contributed by atoms with Gasteiger partial charge in [0, 0.05) is 36.1 Å². The molecule has 0 aromatic heterocycles. The van der Waals surface area contributed by atoms with Gasteiger partial charge in [-0.05, 0) is 17.7 Å². The van der Waals surface area contributed by atoms with E-state index in [4.69, 9.17) is 4.74 Å². The molecule has 0 saturated carbocycles. The van der Waals surface area contributed by atoms with Crippen LogP contribution in [0, 0.1) is 0 Å². The maximum absolute atomic E-state index is 12.2. The number of rotatable bonds is 5. The van der Waals surface area contributed by atoms with Crippen LogP contribution in [0.2, 0.25) is 0 Å². The van der Waals surface area contributed by atoms with Gasteiger partial charge in [-0.25, -0.2) is 0 Å². The molecule has 1 aliphatic rings. The molecular weight excluding hydrogens is 354 g/mol. The van der Waals surface area contributed by atoms with E-state index < -0.39 is 0 Å². The summed E-state index contributed by atoms with van der Waals surface area (Å²) in [6.45, 7) is 3.21. The molecule has 0 amide bonds. The van der Waals surface area contributed by atoms with E-state index in [0.717, 1.165) is 29.7 Å². The lowest BCUT2D eigenvalue weighted by atomic mass is 10.1. The van der Waals surface area contributed by atoms with Gasteiger partial charge in [-0.3, -0.25) is 9.69 Å². The Balaban J connectivity index is 1.54. The monoisotopic (exact) mass is 373 g/mol. The Labute approximate surface area is 145 Å². The minimum absolute atomic E-state index is 0.0867. The summed E-state index contributed by atoms with van der Waals surface area (Å²) in [7, 11) is 0. The van der Waals surface area contributed by atoms with Gasteiger partial charge < -0.3 is 4.74 Å². The first-order valence-electron chi connectivity index (χ1n) is 7.90. The highest BCUT2D eigenvalue weighted by molar-refractivity contribution is 9.10. The summed E-state index contributed by atoms with van der Waals surface area (Å²) in [6.07, 6.45) is 0.639. The molecule has 2 aromatic rings. The molecule has 4 heteroatoms. The fourth-order valence-corrected chi connectivity index (χ4v) is 3.08. The zero-order valence-corrected chi connectivity index (χ0v) is 14.5. The zero-order valence-electron chi connectivity index (χ0n) is 13.0. The molecule has 1 aliphatic heterocycles. The summed E-state index contributed by atoms with van der Waals surface area (Å²) >= 11 is 3.46. The molecule has 0 radical (unpaired) electrons. The molecular formula is C19H20BrNO2. The van der Waals surface area contributed by atoms with E-state index in [1.165, 1.54) is 5.56 Å². The summed E-state index contributed by atoms with van der Waals surface area (Å²) in [5.74, 6) is 0.206. The number of Topliss-reactive ketones (excluding diaryl/α,β-unsaturated/α-hetero) is 1. The molecule has 0 bridgehead atoms. The lowest BCUT2D eigenvalue weighted by Crippen LogP contribution is -2.39. The van der Waals surface area contributed by atoms with Crippen LogP contribution < -0.4 is 0 Å². The van der Waals surface area contributed by atoms with Crippen molar-refractivity contribution in [3.05, 3.63) is 70.2 Å². The highest BCUT2D eigenvalue weighted by Gasteiger charge is 2.22. The molecule has 0 spiro atoms. The van der Waals surface area contributed by atoms with Crippen LogP contribution in [0.4, 0.5) is 0 Å². The van der Waals surface area contributed by atoms with E-state index in [9.17, 15) is 4.79 Å². The van der Waals surface area contributed by atoms with Crippen molar-refractivity contribution in [1.82, 2.24) is 4.90 Å². The van der Waals surface area contributed by atoms with Crippen molar-refractivity contribution < 1.29 is 9.53 Å². The molecule has 1 fully saturated rings. The van der Waals surface area contributed by atoms with Gasteiger partial charge in [0.25, 0.3) is 0 Å². The minimum Gasteiger partial charge on any atom is -0.371 e. The third kappa shape index (κ3) is 4.50. The highest BCUT2D eigenvalue weighted by Crippen LogP contribution is 2.24. The molecule has 0 aliphatic carbocycles. The Morgan fingerprint density at radius 2 is 1.87 bits per heavy atom. The van der Waals surface area contributed by atoms with Gasteiger partial charge in [-0.2, -0.15) is 0 Å². The Kier molecular flexibility index (Phi) is 5.60. The number of ketones is 1. The van der Waals surface area contributed by atoms with Crippen molar-refractivity contribution >= 4 is 21.7 Å². The van der Waals surface area contributed by atoms with Crippen LogP contribution in [-0.2, 0) is 4.74 Å². The van der Waals surface area contributed by atoms with Gasteiger partial charge in [-0.1, -0.05) is 58.4 Å². The van der Waals surface area contributed by atoms with Crippen LogP contribution in [0.1, 0.15) is 28.4 Å². The fraction of sp³-hybridized carbons (Fsp3) is 0.316. The normalized spacial score (nSPS) is 18.7. The average molecular weight is 374 g/mol. The van der Waals surface area contributed by atoms with E-state index in [1.807, 2.05) is 42.5 Å². The predicted octanol–water partition coefficient (Wildman–Crippen LogP) is 4.10. The number of ether oxygens (including phenoxy) is 1. The van der Waals surface area contributed by atoms with Crippen molar-refractivity contribution in [3.63, 3.8) is 0 Å². The molecule has 1 saturated heterocycles. The minimum atomic E-state index is 0.0867. The third-order valence-electron chi connectivity index (χ3n) is 4.14. The van der Waals surface area contributed by atoms with Gasteiger partial charge >= 0.3 is 0 Å². The largest absolute Gasteiger partial charge is 0.371 e. The topological polar surface area (TPSA) is 29.5 Å². The van der Waals surface area contributed by atoms with E-state index in [-0.39, 0.29) is 11.9 Å². The average Bonchev–Trinajstić information content (AvgIpc) is 2.61. The van der Waals surface area contributed by atoms with Gasteiger partial charge in [-0.15, -0.1) is 0 Å². The van der Waals surface area contributed by atoms with Crippen molar-refractivity contribution in [2.24, 2.45) is 0 Å². The Morgan fingerprint density at radius 3 is 2.61 bits per heavy atom. The number of nitrogens with zero attached hydrogens (tertiary/aromatic N) is 1. The molecule has 0 N–H and O–H groups in total. The van der Waals surface area contributed by atoms with Crippen LogP contribution >= 0.6 is 15.9 Å². The molecule has 1 unspecified atom stereocenters.